The monoisotopic (exact) mass is 396 g/mol. The molecule has 9 heteroatoms. The minimum absolute atomic E-state index is 0.00372. The zero-order valence-corrected chi connectivity index (χ0v) is 17.2. The number of sulfonamides is 1. The van der Waals surface area contributed by atoms with Crippen LogP contribution < -0.4 is 5.56 Å². The number of hydrogen-bond acceptors (Lipinski definition) is 5. The minimum Gasteiger partial charge on any atom is -0.342 e. The highest BCUT2D eigenvalue weighted by atomic mass is 32.2. The lowest BCUT2D eigenvalue weighted by Crippen LogP contribution is -2.45. The summed E-state index contributed by atoms with van der Waals surface area (Å²) in [7, 11) is -3.34. The minimum atomic E-state index is -3.34. The van der Waals surface area contributed by atoms with Crippen LogP contribution in [0.15, 0.2) is 4.79 Å². The van der Waals surface area contributed by atoms with E-state index in [1.54, 1.807) is 0 Å². The lowest BCUT2D eigenvalue weighted by molar-refractivity contribution is -0.140. The summed E-state index contributed by atoms with van der Waals surface area (Å²) < 4.78 is 24.8. The fraction of sp³-hybridized carbons (Fsp3) is 0.722. The maximum atomic E-state index is 12.6. The average Bonchev–Trinajstić information content (AvgIpc) is 2.59. The Balaban J connectivity index is 1.84. The van der Waals surface area contributed by atoms with Crippen LogP contribution in [-0.4, -0.2) is 59.4 Å². The summed E-state index contributed by atoms with van der Waals surface area (Å²) >= 11 is 0. The molecule has 1 amide bonds. The van der Waals surface area contributed by atoms with Gasteiger partial charge < -0.3 is 9.88 Å². The van der Waals surface area contributed by atoms with Gasteiger partial charge in [0.25, 0.3) is 5.56 Å². The molecule has 150 valence electrons. The maximum Gasteiger partial charge on any atom is 0.255 e. The van der Waals surface area contributed by atoms with Gasteiger partial charge in [-0.1, -0.05) is 20.8 Å². The van der Waals surface area contributed by atoms with Crippen molar-refractivity contribution in [3.8, 4) is 0 Å². The normalized spacial score (nSPS) is 21.8. The van der Waals surface area contributed by atoms with Crippen molar-refractivity contribution in [3.63, 3.8) is 0 Å². The first-order chi connectivity index (χ1) is 12.5. The van der Waals surface area contributed by atoms with Crippen LogP contribution >= 0.6 is 0 Å². The summed E-state index contributed by atoms with van der Waals surface area (Å²) in [5.74, 6) is 0.713. The van der Waals surface area contributed by atoms with Crippen molar-refractivity contribution >= 4 is 15.9 Å². The highest BCUT2D eigenvalue weighted by Gasteiger charge is 2.33. The number of aromatic nitrogens is 2. The predicted molar refractivity (Wildman–Crippen MR) is 102 cm³/mol. The molecule has 2 aliphatic rings. The fourth-order valence-corrected chi connectivity index (χ4v) is 4.54. The third-order valence-corrected chi connectivity index (χ3v) is 6.51. The Labute approximate surface area is 160 Å². The Hall–Kier alpha value is -1.74. The highest BCUT2D eigenvalue weighted by molar-refractivity contribution is 7.88. The molecule has 3 rings (SSSR count). The van der Waals surface area contributed by atoms with Crippen molar-refractivity contribution in [2.75, 3.05) is 25.9 Å². The zero-order chi connectivity index (χ0) is 20.0. The molecule has 0 spiro atoms. The molecule has 1 atom stereocenters. The number of hydrogen-bond donors (Lipinski definition) is 1. The first-order valence-electron chi connectivity index (χ1n) is 9.33. The molecule has 3 heterocycles. The van der Waals surface area contributed by atoms with Crippen molar-refractivity contribution < 1.29 is 13.2 Å². The Kier molecular flexibility index (Phi) is 5.20. The number of aromatic amines is 1. The van der Waals surface area contributed by atoms with E-state index in [-0.39, 0.29) is 23.9 Å². The number of likely N-dealkylation sites (tertiary alicyclic amines) is 1. The van der Waals surface area contributed by atoms with Gasteiger partial charge in [-0.3, -0.25) is 9.59 Å². The van der Waals surface area contributed by atoms with Crippen molar-refractivity contribution in [1.82, 2.24) is 19.2 Å². The van der Waals surface area contributed by atoms with Gasteiger partial charge in [-0.25, -0.2) is 13.4 Å². The van der Waals surface area contributed by atoms with Crippen molar-refractivity contribution in [2.45, 2.75) is 52.5 Å². The van der Waals surface area contributed by atoms with Gasteiger partial charge in [-0.15, -0.1) is 0 Å². The molecule has 0 aromatic carbocycles. The molecule has 0 bridgehead atoms. The second-order valence-electron chi connectivity index (χ2n) is 8.56. The van der Waals surface area contributed by atoms with Gasteiger partial charge in [-0.2, -0.15) is 4.31 Å². The molecule has 2 aliphatic heterocycles. The zero-order valence-electron chi connectivity index (χ0n) is 16.4. The first kappa shape index (κ1) is 20.0. The fourth-order valence-electron chi connectivity index (χ4n) is 3.76. The molecule has 0 saturated carbocycles. The van der Waals surface area contributed by atoms with Crippen LogP contribution in [0.4, 0.5) is 0 Å². The highest BCUT2D eigenvalue weighted by Crippen LogP contribution is 2.28. The molecule has 0 aliphatic carbocycles. The molecular weight excluding hydrogens is 368 g/mol. The number of H-pyrrole nitrogens is 1. The van der Waals surface area contributed by atoms with Crippen molar-refractivity contribution in [1.29, 1.82) is 0 Å². The second kappa shape index (κ2) is 7.01. The van der Waals surface area contributed by atoms with E-state index in [1.807, 2.05) is 25.7 Å². The number of carbonyl (C=O) groups is 1. The van der Waals surface area contributed by atoms with Crippen LogP contribution in [0, 0.1) is 5.41 Å². The molecular formula is C18H28N4O4S. The molecule has 1 saturated heterocycles. The van der Waals surface area contributed by atoms with Gasteiger partial charge in [0.15, 0.2) is 0 Å². The first-order valence-corrected chi connectivity index (χ1v) is 11.2. The van der Waals surface area contributed by atoms with Gasteiger partial charge >= 0.3 is 0 Å². The van der Waals surface area contributed by atoms with Gasteiger partial charge in [0, 0.05) is 43.9 Å². The number of nitrogens with one attached hydrogen (secondary N) is 1. The van der Waals surface area contributed by atoms with E-state index in [0.29, 0.717) is 36.6 Å². The smallest absolute Gasteiger partial charge is 0.255 e. The predicted octanol–water partition coefficient (Wildman–Crippen LogP) is 0.840. The van der Waals surface area contributed by atoms with E-state index in [1.165, 1.54) is 4.31 Å². The standard InChI is InChI=1S/C18H28N4O4S/c1-18(2,3)17(24)21-8-5-6-12(10-21)15-19-14-7-9-22(27(4,25)26)11-13(14)16(23)20-15/h12H,5-11H2,1-4H3,(H,19,20,23). The number of rotatable bonds is 2. The van der Waals surface area contributed by atoms with Crippen molar-refractivity contribution in [2.24, 2.45) is 5.41 Å². The van der Waals surface area contributed by atoms with E-state index >= 15 is 0 Å². The number of amides is 1. The van der Waals surface area contributed by atoms with Crippen LogP contribution in [0.5, 0.6) is 0 Å². The largest absolute Gasteiger partial charge is 0.342 e. The third-order valence-electron chi connectivity index (χ3n) is 5.26. The molecule has 1 fully saturated rings. The van der Waals surface area contributed by atoms with E-state index in [9.17, 15) is 18.0 Å². The Morgan fingerprint density at radius 1 is 1.26 bits per heavy atom. The lowest BCUT2D eigenvalue weighted by Gasteiger charge is -2.36. The summed E-state index contributed by atoms with van der Waals surface area (Å²) in [5, 5.41) is 0. The van der Waals surface area contributed by atoms with Crippen LogP contribution in [0.3, 0.4) is 0 Å². The summed E-state index contributed by atoms with van der Waals surface area (Å²) in [4.78, 5) is 34.5. The summed E-state index contributed by atoms with van der Waals surface area (Å²) in [6, 6.07) is 0. The van der Waals surface area contributed by atoms with Crippen LogP contribution in [-0.2, 0) is 27.8 Å². The molecule has 1 unspecified atom stereocenters. The second-order valence-corrected chi connectivity index (χ2v) is 10.5. The van der Waals surface area contributed by atoms with Crippen molar-refractivity contribution in [3.05, 3.63) is 27.4 Å². The molecule has 1 aromatic heterocycles. The van der Waals surface area contributed by atoms with E-state index < -0.39 is 15.4 Å². The number of carbonyl (C=O) groups excluding carboxylic acids is 1. The summed E-state index contributed by atoms with van der Waals surface area (Å²) in [6.45, 7) is 7.40. The SMILES string of the molecule is CC(C)(C)C(=O)N1CCCC(c2nc3c(c(=O)[nH]2)CN(S(C)(=O)=O)CC3)C1. The summed E-state index contributed by atoms with van der Waals surface area (Å²) in [6.07, 6.45) is 3.31. The van der Waals surface area contributed by atoms with E-state index in [2.05, 4.69) is 9.97 Å². The number of fused-ring (bicyclic) bond motifs is 1. The third kappa shape index (κ3) is 4.24. The maximum absolute atomic E-state index is 12.6. The van der Waals surface area contributed by atoms with E-state index in [4.69, 9.17) is 0 Å². The lowest BCUT2D eigenvalue weighted by atomic mass is 9.90. The Morgan fingerprint density at radius 3 is 2.59 bits per heavy atom. The quantitative estimate of drug-likeness (QED) is 0.798. The Bertz CT molecular complexity index is 901. The van der Waals surface area contributed by atoms with Gasteiger partial charge in [0.05, 0.1) is 17.5 Å². The van der Waals surface area contributed by atoms with E-state index in [0.717, 1.165) is 25.6 Å². The van der Waals surface area contributed by atoms with Crippen LogP contribution in [0.1, 0.15) is 56.6 Å². The molecule has 8 nitrogen and oxygen atoms in total. The number of piperidine rings is 1. The molecule has 1 N–H and O–H groups in total. The molecule has 27 heavy (non-hydrogen) atoms. The topological polar surface area (TPSA) is 103 Å². The van der Waals surface area contributed by atoms with Gasteiger partial charge in [-0.05, 0) is 12.8 Å². The van der Waals surface area contributed by atoms with Gasteiger partial charge in [0.2, 0.25) is 15.9 Å². The van der Waals surface area contributed by atoms with Crippen LogP contribution in [0.2, 0.25) is 0 Å². The molecule has 0 radical (unpaired) electrons. The van der Waals surface area contributed by atoms with Gasteiger partial charge in [0.1, 0.15) is 5.82 Å². The summed E-state index contributed by atoms with van der Waals surface area (Å²) in [5.41, 5.74) is 0.387. The van der Waals surface area contributed by atoms with Crippen LogP contribution in [0.25, 0.3) is 0 Å². The Morgan fingerprint density at radius 2 is 1.96 bits per heavy atom. The number of nitrogens with zero attached hydrogens (tertiary/aromatic N) is 3. The average molecular weight is 397 g/mol. The molecule has 1 aromatic rings.